The zero-order valence-electron chi connectivity index (χ0n) is 16.0. The van der Waals surface area contributed by atoms with Crippen molar-refractivity contribution in [1.82, 2.24) is 19.9 Å². The molecule has 0 saturated heterocycles. The maximum Gasteiger partial charge on any atom is 0.308 e. The fourth-order valence-corrected chi connectivity index (χ4v) is 2.72. The smallest absolute Gasteiger partial charge is 0.308 e. The van der Waals surface area contributed by atoms with Crippen LogP contribution in [0, 0.1) is 5.92 Å². The van der Waals surface area contributed by atoms with Gasteiger partial charge in [0.25, 0.3) is 0 Å². The summed E-state index contributed by atoms with van der Waals surface area (Å²) >= 11 is 0. The van der Waals surface area contributed by atoms with E-state index in [-0.39, 0.29) is 24.0 Å². The number of ether oxygens (including phenoxy) is 1. The van der Waals surface area contributed by atoms with Crippen molar-refractivity contribution in [3.8, 4) is 0 Å². The van der Waals surface area contributed by atoms with E-state index in [0.717, 1.165) is 5.69 Å². The van der Waals surface area contributed by atoms with Crippen molar-refractivity contribution in [2.45, 2.75) is 19.9 Å². The maximum absolute atomic E-state index is 12.3. The molecule has 0 aliphatic heterocycles. The third kappa shape index (κ3) is 4.72. The normalized spacial score (nSPS) is 11.8. The van der Waals surface area contributed by atoms with Gasteiger partial charge in [-0.3, -0.25) is 9.59 Å². The molecule has 1 unspecified atom stereocenters. The van der Waals surface area contributed by atoms with Crippen LogP contribution in [0.2, 0.25) is 0 Å². The molecule has 150 valence electrons. The Morgan fingerprint density at radius 3 is 2.55 bits per heavy atom. The lowest BCUT2D eigenvalue weighted by atomic mass is 10.00. The number of hydrogen-bond donors (Lipinski definition) is 3. The number of carbonyl (C=O) groups is 2. The van der Waals surface area contributed by atoms with Crippen molar-refractivity contribution >= 4 is 40.4 Å². The molecule has 0 fully saturated rings. The first kappa shape index (κ1) is 19.9. The predicted molar refractivity (Wildman–Crippen MR) is 108 cm³/mol. The molecular weight excluding hydrogens is 374 g/mol. The summed E-state index contributed by atoms with van der Waals surface area (Å²) in [6.45, 7) is 2.05. The van der Waals surface area contributed by atoms with Crippen molar-refractivity contribution in [2.24, 2.45) is 5.92 Å². The quantitative estimate of drug-likeness (QED) is 0.396. The molecule has 0 spiro atoms. The lowest BCUT2D eigenvalue weighted by molar-refractivity contribution is -0.144. The average Bonchev–Trinajstić information content (AvgIpc) is 2.72. The molecule has 0 aliphatic rings. The number of benzene rings is 1. The topological polar surface area (TPSA) is 159 Å². The van der Waals surface area contributed by atoms with E-state index < -0.39 is 11.9 Å². The van der Waals surface area contributed by atoms with Gasteiger partial charge in [0.05, 0.1) is 31.5 Å². The van der Waals surface area contributed by atoms with Crippen LogP contribution < -0.4 is 16.8 Å². The molecule has 29 heavy (non-hydrogen) atoms. The lowest BCUT2D eigenvalue weighted by Crippen LogP contribution is -2.16. The van der Waals surface area contributed by atoms with Crippen LogP contribution in [0.3, 0.4) is 0 Å². The summed E-state index contributed by atoms with van der Waals surface area (Å²) in [7, 11) is 1.31. The average molecular weight is 395 g/mol. The van der Waals surface area contributed by atoms with Gasteiger partial charge in [0.1, 0.15) is 0 Å². The first-order valence-corrected chi connectivity index (χ1v) is 8.87. The minimum Gasteiger partial charge on any atom is -0.469 e. The van der Waals surface area contributed by atoms with Gasteiger partial charge in [-0.2, -0.15) is 9.97 Å². The minimum atomic E-state index is -0.483. The third-order valence-electron chi connectivity index (χ3n) is 4.28. The Balaban J connectivity index is 1.64. The van der Waals surface area contributed by atoms with Gasteiger partial charge in [0, 0.05) is 17.7 Å². The Morgan fingerprint density at radius 2 is 1.86 bits per heavy atom. The number of rotatable bonds is 7. The highest BCUT2D eigenvalue weighted by atomic mass is 16.5. The van der Waals surface area contributed by atoms with E-state index in [1.807, 2.05) is 0 Å². The molecule has 10 heteroatoms. The van der Waals surface area contributed by atoms with Crippen LogP contribution >= 0.6 is 0 Å². The van der Waals surface area contributed by atoms with Crippen LogP contribution in [0.4, 0.5) is 17.5 Å². The number of nitrogens with one attached hydrogen (secondary N) is 1. The van der Waals surface area contributed by atoms with Gasteiger partial charge in [0.2, 0.25) is 5.95 Å². The van der Waals surface area contributed by atoms with Gasteiger partial charge >= 0.3 is 5.97 Å². The number of nitrogens with two attached hydrogens (primary N) is 2. The summed E-state index contributed by atoms with van der Waals surface area (Å²) in [4.78, 5) is 40.2. The fraction of sp³-hybridized carbons (Fsp3) is 0.263. The zero-order chi connectivity index (χ0) is 21.0. The summed E-state index contributed by atoms with van der Waals surface area (Å²) in [5.41, 5.74) is 14.1. The highest BCUT2D eigenvalue weighted by Crippen LogP contribution is 2.17. The lowest BCUT2D eigenvalue weighted by Gasteiger charge is -2.10. The number of hydrogen-bond acceptors (Lipinski definition) is 10. The molecule has 1 aromatic carbocycles. The summed E-state index contributed by atoms with van der Waals surface area (Å²) in [5.74, 6) is -0.785. The van der Waals surface area contributed by atoms with Crippen LogP contribution in [0.15, 0.2) is 30.5 Å². The Hall–Kier alpha value is -3.82. The van der Waals surface area contributed by atoms with E-state index in [1.165, 1.54) is 7.11 Å². The molecule has 0 radical (unpaired) electrons. The molecule has 0 aliphatic carbocycles. The Kier molecular flexibility index (Phi) is 5.82. The zero-order valence-corrected chi connectivity index (χ0v) is 16.0. The molecule has 0 bridgehead atoms. The Morgan fingerprint density at radius 1 is 1.14 bits per heavy atom. The van der Waals surface area contributed by atoms with Crippen molar-refractivity contribution in [3.05, 3.63) is 41.7 Å². The maximum atomic E-state index is 12.3. The molecule has 1 atom stereocenters. The van der Waals surface area contributed by atoms with Gasteiger partial charge in [-0.05, 0) is 24.3 Å². The number of nitrogens with zero attached hydrogens (tertiary/aromatic N) is 4. The monoisotopic (exact) mass is 395 g/mol. The number of nitrogen functional groups attached to an aromatic ring is 2. The number of fused-ring (bicyclic) bond motifs is 1. The second-order valence-corrected chi connectivity index (χ2v) is 6.48. The van der Waals surface area contributed by atoms with Gasteiger partial charge in [0.15, 0.2) is 22.8 Å². The second-order valence-electron chi connectivity index (χ2n) is 6.48. The Labute approximate surface area is 166 Å². The van der Waals surface area contributed by atoms with E-state index in [2.05, 4.69) is 30.0 Å². The Bertz CT molecular complexity index is 1050. The standard InChI is InChI=1S/C19H21N7O3/c1-10(18(28)29-2)7-14(27)11-3-5-12(6-4-11)22-8-13-9-23-17-15(24-13)16(20)25-19(21)26-17/h3-6,9-10,22H,7-8H2,1-2H3,(H4,20,21,23,25,26). The number of Topliss-reactive ketones (excluding diaryl/α,β-unsaturated/α-hetero) is 1. The van der Waals surface area contributed by atoms with Crippen LogP contribution in [-0.2, 0) is 16.1 Å². The number of carbonyl (C=O) groups excluding carboxylic acids is 2. The molecule has 2 aromatic heterocycles. The predicted octanol–water partition coefficient (Wildman–Crippen LogP) is 1.58. The van der Waals surface area contributed by atoms with Crippen molar-refractivity contribution in [3.63, 3.8) is 0 Å². The molecule has 10 nitrogen and oxygen atoms in total. The number of methoxy groups -OCH3 is 1. The van der Waals surface area contributed by atoms with Crippen LogP contribution in [0.1, 0.15) is 29.4 Å². The molecule has 2 heterocycles. The van der Waals surface area contributed by atoms with Crippen molar-refractivity contribution < 1.29 is 14.3 Å². The first-order valence-electron chi connectivity index (χ1n) is 8.87. The van der Waals surface area contributed by atoms with Gasteiger partial charge in [-0.25, -0.2) is 9.97 Å². The van der Waals surface area contributed by atoms with Crippen LogP contribution in [-0.4, -0.2) is 38.8 Å². The number of esters is 1. The summed E-state index contributed by atoms with van der Waals surface area (Å²) in [6.07, 6.45) is 1.67. The van der Waals surface area contributed by atoms with E-state index >= 15 is 0 Å². The SMILES string of the molecule is COC(=O)C(C)CC(=O)c1ccc(NCc2cnc3nc(N)nc(N)c3n2)cc1. The summed E-state index contributed by atoms with van der Waals surface area (Å²) in [6, 6.07) is 6.97. The second kappa shape index (κ2) is 8.46. The molecule has 0 saturated carbocycles. The fourth-order valence-electron chi connectivity index (χ4n) is 2.72. The van der Waals surface area contributed by atoms with Crippen molar-refractivity contribution in [1.29, 1.82) is 0 Å². The van der Waals surface area contributed by atoms with Gasteiger partial charge in [-0.15, -0.1) is 0 Å². The summed E-state index contributed by atoms with van der Waals surface area (Å²) in [5, 5.41) is 3.20. The highest BCUT2D eigenvalue weighted by molar-refractivity contribution is 5.98. The largest absolute Gasteiger partial charge is 0.469 e. The molecular formula is C19H21N7O3. The highest BCUT2D eigenvalue weighted by Gasteiger charge is 2.18. The van der Waals surface area contributed by atoms with Crippen molar-refractivity contribution in [2.75, 3.05) is 23.9 Å². The summed E-state index contributed by atoms with van der Waals surface area (Å²) < 4.78 is 4.65. The minimum absolute atomic E-state index is 0.0470. The number of aromatic nitrogens is 4. The molecule has 3 aromatic rings. The van der Waals surface area contributed by atoms with E-state index in [1.54, 1.807) is 37.4 Å². The van der Waals surface area contributed by atoms with E-state index in [9.17, 15) is 9.59 Å². The van der Waals surface area contributed by atoms with Gasteiger partial charge < -0.3 is 21.5 Å². The van der Waals surface area contributed by atoms with Crippen LogP contribution in [0.5, 0.6) is 0 Å². The number of anilines is 3. The first-order chi connectivity index (χ1) is 13.9. The van der Waals surface area contributed by atoms with Crippen LogP contribution in [0.25, 0.3) is 11.2 Å². The van der Waals surface area contributed by atoms with E-state index in [4.69, 9.17) is 11.5 Å². The number of ketones is 1. The van der Waals surface area contributed by atoms with E-state index in [0.29, 0.717) is 29.0 Å². The molecule has 5 N–H and O–H groups in total. The molecule has 0 amide bonds. The molecule has 3 rings (SSSR count). The third-order valence-corrected chi connectivity index (χ3v) is 4.28. The van der Waals surface area contributed by atoms with Gasteiger partial charge in [-0.1, -0.05) is 6.92 Å².